The van der Waals surface area contributed by atoms with E-state index in [0.29, 0.717) is 11.8 Å². The summed E-state index contributed by atoms with van der Waals surface area (Å²) in [6.07, 6.45) is 4.87. The molecule has 0 heterocycles. The lowest BCUT2D eigenvalue weighted by Crippen LogP contribution is -2.33. The maximum Gasteiger partial charge on any atom is 0.309 e. The van der Waals surface area contributed by atoms with E-state index in [1.807, 2.05) is 6.07 Å². The molecule has 0 amide bonds. The minimum Gasteiger partial charge on any atom is -0.469 e. The third kappa shape index (κ3) is 1.94. The van der Waals surface area contributed by atoms with Crippen LogP contribution in [-0.2, 0) is 9.53 Å². The summed E-state index contributed by atoms with van der Waals surface area (Å²) in [5.74, 6) is 1.80. The Hall–Kier alpha value is -1.31. The first-order valence-corrected chi connectivity index (χ1v) is 6.92. The first-order chi connectivity index (χ1) is 8.79. The highest BCUT2D eigenvalue weighted by molar-refractivity contribution is 5.74. The Morgan fingerprint density at radius 2 is 1.94 bits per heavy atom. The largest absolute Gasteiger partial charge is 0.469 e. The van der Waals surface area contributed by atoms with Crippen molar-refractivity contribution in [1.29, 1.82) is 0 Å². The van der Waals surface area contributed by atoms with Gasteiger partial charge in [0.25, 0.3) is 0 Å². The molecule has 0 aliphatic heterocycles. The number of esters is 1. The molecule has 0 radical (unpaired) electrons. The number of hydrogen-bond acceptors (Lipinski definition) is 2. The van der Waals surface area contributed by atoms with Gasteiger partial charge in [-0.15, -0.1) is 0 Å². The zero-order valence-electron chi connectivity index (χ0n) is 10.8. The molecular formula is C16H20O2. The van der Waals surface area contributed by atoms with Gasteiger partial charge in [0.15, 0.2) is 0 Å². The smallest absolute Gasteiger partial charge is 0.309 e. The Morgan fingerprint density at radius 3 is 2.67 bits per heavy atom. The fraction of sp³-hybridized carbons (Fsp3) is 0.562. The summed E-state index contributed by atoms with van der Waals surface area (Å²) in [6.45, 7) is 0. The Kier molecular flexibility index (Phi) is 3.11. The van der Waals surface area contributed by atoms with Gasteiger partial charge in [0.1, 0.15) is 0 Å². The van der Waals surface area contributed by atoms with Crippen LogP contribution in [0.1, 0.15) is 37.2 Å². The fourth-order valence-electron chi connectivity index (χ4n) is 4.02. The summed E-state index contributed by atoms with van der Waals surface area (Å²) in [5, 5.41) is 0. The molecule has 0 aromatic heterocycles. The topological polar surface area (TPSA) is 26.3 Å². The van der Waals surface area contributed by atoms with Crippen LogP contribution in [0.2, 0.25) is 0 Å². The van der Waals surface area contributed by atoms with Crippen molar-refractivity contribution >= 4 is 5.97 Å². The zero-order valence-corrected chi connectivity index (χ0v) is 10.8. The zero-order chi connectivity index (χ0) is 12.5. The SMILES string of the molecule is COC(=O)[C@H]1[C@H]2CC[C@H](C2)C[C@H]1c1ccccc1. The second-order valence-electron chi connectivity index (χ2n) is 5.74. The standard InChI is InChI=1S/C16H20O2/c1-18-16(17)15-13-8-7-11(9-13)10-14(15)12-5-3-2-4-6-12/h2-6,11,13-15H,7-10H2,1H3/t11-,13+,14+,15+/m1/s1. The number of methoxy groups -OCH3 is 1. The summed E-state index contributed by atoms with van der Waals surface area (Å²) in [5.41, 5.74) is 1.31. The maximum atomic E-state index is 12.1. The lowest BCUT2D eigenvalue weighted by atomic mass is 9.69. The monoisotopic (exact) mass is 244 g/mol. The molecule has 0 unspecified atom stereocenters. The molecule has 3 rings (SSSR count). The summed E-state index contributed by atoms with van der Waals surface area (Å²) >= 11 is 0. The van der Waals surface area contributed by atoms with E-state index in [2.05, 4.69) is 24.3 Å². The van der Waals surface area contributed by atoms with Gasteiger partial charge in [0.05, 0.1) is 13.0 Å². The molecule has 0 saturated heterocycles. The summed E-state index contributed by atoms with van der Waals surface area (Å²) in [6, 6.07) is 10.5. The van der Waals surface area contributed by atoms with Gasteiger partial charge >= 0.3 is 5.97 Å². The molecule has 2 heteroatoms. The van der Waals surface area contributed by atoms with Crippen molar-refractivity contribution in [3.63, 3.8) is 0 Å². The van der Waals surface area contributed by atoms with E-state index in [4.69, 9.17) is 4.74 Å². The molecule has 4 atom stereocenters. The van der Waals surface area contributed by atoms with Gasteiger partial charge in [-0.05, 0) is 42.6 Å². The molecule has 2 bridgehead atoms. The third-order valence-corrected chi connectivity index (χ3v) is 4.81. The van der Waals surface area contributed by atoms with E-state index < -0.39 is 0 Å². The van der Waals surface area contributed by atoms with Gasteiger partial charge in [0, 0.05) is 0 Å². The molecule has 0 spiro atoms. The van der Waals surface area contributed by atoms with Crippen LogP contribution in [0.5, 0.6) is 0 Å². The maximum absolute atomic E-state index is 12.1. The van der Waals surface area contributed by atoms with Crippen molar-refractivity contribution in [3.05, 3.63) is 35.9 Å². The predicted octanol–water partition coefficient (Wildman–Crippen LogP) is 3.38. The summed E-state index contributed by atoms with van der Waals surface area (Å²) < 4.78 is 5.05. The molecule has 96 valence electrons. The molecule has 2 aliphatic carbocycles. The number of carbonyl (C=O) groups is 1. The van der Waals surface area contributed by atoms with Gasteiger partial charge in [-0.3, -0.25) is 4.79 Å². The van der Waals surface area contributed by atoms with Gasteiger partial charge in [0.2, 0.25) is 0 Å². The van der Waals surface area contributed by atoms with Crippen LogP contribution in [0.4, 0.5) is 0 Å². The molecule has 18 heavy (non-hydrogen) atoms. The highest BCUT2D eigenvalue weighted by atomic mass is 16.5. The van der Waals surface area contributed by atoms with E-state index in [9.17, 15) is 4.79 Å². The van der Waals surface area contributed by atoms with Gasteiger partial charge in [-0.2, -0.15) is 0 Å². The number of ether oxygens (including phenoxy) is 1. The Balaban J connectivity index is 1.93. The first-order valence-electron chi connectivity index (χ1n) is 6.92. The van der Waals surface area contributed by atoms with Gasteiger partial charge < -0.3 is 4.74 Å². The van der Waals surface area contributed by atoms with Crippen LogP contribution in [0.3, 0.4) is 0 Å². The molecule has 2 saturated carbocycles. The van der Waals surface area contributed by atoms with Crippen molar-refractivity contribution in [2.75, 3.05) is 7.11 Å². The van der Waals surface area contributed by atoms with E-state index in [0.717, 1.165) is 12.3 Å². The summed E-state index contributed by atoms with van der Waals surface area (Å²) in [7, 11) is 1.52. The minimum atomic E-state index is -0.00537. The average Bonchev–Trinajstić information content (AvgIpc) is 2.80. The minimum absolute atomic E-state index is 0.00537. The Morgan fingerprint density at radius 1 is 1.17 bits per heavy atom. The van der Waals surface area contributed by atoms with E-state index in [1.165, 1.54) is 31.9 Å². The Bertz CT molecular complexity index is 426. The quantitative estimate of drug-likeness (QED) is 0.745. The highest BCUT2D eigenvalue weighted by Gasteiger charge is 2.46. The van der Waals surface area contributed by atoms with E-state index >= 15 is 0 Å². The molecular weight excluding hydrogens is 224 g/mol. The fourth-order valence-corrected chi connectivity index (χ4v) is 4.02. The van der Waals surface area contributed by atoms with Crippen molar-refractivity contribution in [2.24, 2.45) is 17.8 Å². The van der Waals surface area contributed by atoms with Crippen molar-refractivity contribution in [3.8, 4) is 0 Å². The molecule has 2 nitrogen and oxygen atoms in total. The average molecular weight is 244 g/mol. The van der Waals surface area contributed by atoms with Crippen molar-refractivity contribution < 1.29 is 9.53 Å². The van der Waals surface area contributed by atoms with Crippen LogP contribution < -0.4 is 0 Å². The Labute approximate surface area is 108 Å². The van der Waals surface area contributed by atoms with Crippen LogP contribution in [0, 0.1) is 17.8 Å². The number of carbonyl (C=O) groups excluding carboxylic acids is 1. The van der Waals surface area contributed by atoms with Gasteiger partial charge in [-0.25, -0.2) is 0 Å². The molecule has 2 aliphatic rings. The number of rotatable bonds is 2. The second-order valence-corrected chi connectivity index (χ2v) is 5.74. The van der Waals surface area contributed by atoms with Crippen LogP contribution in [-0.4, -0.2) is 13.1 Å². The second kappa shape index (κ2) is 4.75. The van der Waals surface area contributed by atoms with Crippen LogP contribution in [0.25, 0.3) is 0 Å². The molecule has 0 N–H and O–H groups in total. The number of fused-ring (bicyclic) bond motifs is 2. The van der Waals surface area contributed by atoms with Crippen molar-refractivity contribution in [2.45, 2.75) is 31.6 Å². The summed E-state index contributed by atoms with van der Waals surface area (Å²) in [4.78, 5) is 12.1. The van der Waals surface area contributed by atoms with E-state index in [1.54, 1.807) is 0 Å². The van der Waals surface area contributed by atoms with E-state index in [-0.39, 0.29) is 11.9 Å². The lowest BCUT2D eigenvalue weighted by molar-refractivity contribution is -0.149. The van der Waals surface area contributed by atoms with Crippen LogP contribution in [0.15, 0.2) is 30.3 Å². The molecule has 1 aromatic rings. The molecule has 1 aromatic carbocycles. The first kappa shape index (κ1) is 11.8. The van der Waals surface area contributed by atoms with Crippen LogP contribution >= 0.6 is 0 Å². The third-order valence-electron chi connectivity index (χ3n) is 4.81. The number of benzene rings is 1. The molecule has 2 fully saturated rings. The van der Waals surface area contributed by atoms with Crippen molar-refractivity contribution in [1.82, 2.24) is 0 Å². The predicted molar refractivity (Wildman–Crippen MR) is 70.1 cm³/mol. The van der Waals surface area contributed by atoms with Gasteiger partial charge in [-0.1, -0.05) is 36.8 Å². The normalized spacial score (nSPS) is 34.3. The number of hydrogen-bond donors (Lipinski definition) is 0. The lowest BCUT2D eigenvalue weighted by Gasteiger charge is -2.35. The highest BCUT2D eigenvalue weighted by Crippen LogP contribution is 2.52.